The molecule has 0 atom stereocenters. The molecule has 2 nitrogen and oxygen atoms in total. The molecule has 0 saturated carbocycles. The minimum Gasteiger partial charge on any atom is -1.00 e. The van der Waals surface area contributed by atoms with Gasteiger partial charge in [-0.3, -0.25) is 22.9 Å². The van der Waals surface area contributed by atoms with E-state index in [0.29, 0.717) is 0 Å². The fourth-order valence-corrected chi connectivity index (χ4v) is 10.9. The average Bonchev–Trinajstić information content (AvgIpc) is 3.94. The van der Waals surface area contributed by atoms with E-state index in [1.165, 1.54) is 31.8 Å². The summed E-state index contributed by atoms with van der Waals surface area (Å²) in [5, 5.41) is 8.61. The topological polar surface area (TPSA) is 24.7 Å². The molecule has 10 heteroatoms. The van der Waals surface area contributed by atoms with Gasteiger partial charge in [-0.05, 0) is 72.8 Å². The van der Waals surface area contributed by atoms with Crippen molar-refractivity contribution in [2.24, 2.45) is 9.98 Å². The number of aliphatic imine (C=N–C) groups is 2. The zero-order chi connectivity index (χ0) is 36.2. The first-order valence-electron chi connectivity index (χ1n) is 17.0. The zero-order valence-electron chi connectivity index (χ0n) is 29.3. The van der Waals surface area contributed by atoms with Gasteiger partial charge in [0.1, 0.15) is 31.8 Å². The quantitative estimate of drug-likeness (QED) is 0.109. The summed E-state index contributed by atoms with van der Waals surface area (Å²) >= 11 is 0. The fraction of sp³-hybridized carbons (Fsp3) is 0.0455. The van der Waals surface area contributed by atoms with Crippen LogP contribution in [0, 0.1) is 0 Å². The molecule has 2 aliphatic rings. The summed E-state index contributed by atoms with van der Waals surface area (Å²) in [6.07, 6.45) is 9.71. The van der Waals surface area contributed by atoms with Crippen LogP contribution in [-0.4, -0.2) is 19.0 Å². The predicted octanol–water partition coefficient (Wildman–Crippen LogP) is 5.94. The van der Waals surface area contributed by atoms with Crippen LogP contribution in [0.4, 0.5) is 12.9 Å². The molecule has 0 bridgehead atoms. The van der Waals surface area contributed by atoms with E-state index < -0.39 is 23.4 Å². The monoisotopic (exact) mass is 808 g/mol. The standard InChI is InChI=1S/2C18H15P.C8H8N2.BF3.Cu.FH/c2*1-4-10-16(11-5-1)19(17-12-6-2-7-13-17)18-14-8-3-9-15-18;1-3-7(9-5-1)8-4-2-6-10-8;2-1(3)4;;/h2*1-15H;1-2,5-6H,3-4H2;;;1H/p+1. The van der Waals surface area contributed by atoms with Gasteiger partial charge in [0.2, 0.25) is 0 Å². The van der Waals surface area contributed by atoms with Gasteiger partial charge in [-0.15, -0.1) is 0 Å². The largest absolute Gasteiger partial charge is 1.00 e. The summed E-state index contributed by atoms with van der Waals surface area (Å²) in [4.78, 5) is 8.37. The molecule has 0 spiro atoms. The molecular formula is C44H40BCuF4N2P2+. The minimum atomic E-state index is -3.67. The fourth-order valence-electron chi connectivity index (χ4n) is 5.73. The van der Waals surface area contributed by atoms with Gasteiger partial charge in [0.05, 0.1) is 27.3 Å². The van der Waals surface area contributed by atoms with E-state index in [4.69, 9.17) is 0 Å². The number of nitrogens with zero attached hydrogens (tertiary/aromatic N) is 2. The Hall–Kier alpha value is -4.70. The minimum absolute atomic E-state index is 0. The number of hydrogen-bond donors (Lipinski definition) is 0. The van der Waals surface area contributed by atoms with Crippen LogP contribution in [0.2, 0.25) is 0 Å². The third-order valence-electron chi connectivity index (χ3n) is 8.00. The van der Waals surface area contributed by atoms with Crippen molar-refractivity contribution < 1.29 is 34.7 Å². The summed E-state index contributed by atoms with van der Waals surface area (Å²) in [7, 11) is -5.42. The van der Waals surface area contributed by atoms with Gasteiger partial charge in [-0.1, -0.05) is 121 Å². The van der Waals surface area contributed by atoms with E-state index in [1.807, 2.05) is 12.4 Å². The third kappa shape index (κ3) is 13.9. The van der Waals surface area contributed by atoms with Gasteiger partial charge >= 0.3 is 7.54 Å². The van der Waals surface area contributed by atoms with Crippen LogP contribution in [0.5, 0.6) is 0 Å². The molecule has 0 aliphatic carbocycles. The molecule has 6 aromatic carbocycles. The zero-order valence-corrected chi connectivity index (χ0v) is 32.3. The second-order valence-corrected chi connectivity index (χ2v) is 16.5. The first kappa shape index (κ1) is 43.7. The van der Waals surface area contributed by atoms with E-state index in [-0.39, 0.29) is 21.8 Å². The second-order valence-electron chi connectivity index (χ2n) is 11.5. The summed E-state index contributed by atoms with van der Waals surface area (Å²) in [6, 6.07) is 65.0. The number of allylic oxidation sites excluding steroid dienone is 2. The molecule has 277 valence electrons. The Kier molecular flexibility index (Phi) is 19.9. The normalized spacial score (nSPS) is 11.9. The van der Waals surface area contributed by atoms with Gasteiger partial charge in [0.25, 0.3) is 0 Å². The van der Waals surface area contributed by atoms with Gasteiger partial charge in [-0.25, -0.2) is 0 Å². The van der Waals surface area contributed by atoms with Crippen LogP contribution in [0.25, 0.3) is 0 Å². The van der Waals surface area contributed by atoms with E-state index in [0.717, 1.165) is 24.3 Å². The number of rotatable bonds is 7. The smallest absolute Gasteiger partial charge is 0.762 e. The maximum atomic E-state index is 9.67. The van der Waals surface area contributed by atoms with Gasteiger partial charge in [0.15, 0.2) is 0 Å². The number of halogens is 4. The Morgan fingerprint density at radius 1 is 0.370 bits per heavy atom. The van der Waals surface area contributed by atoms with Gasteiger partial charge in [0, 0.05) is 42.3 Å². The molecule has 0 N–H and O–H groups in total. The summed E-state index contributed by atoms with van der Waals surface area (Å²) < 4.78 is 29.0. The molecule has 8 rings (SSSR count). The first-order chi connectivity index (χ1) is 25.6. The Morgan fingerprint density at radius 3 is 0.704 bits per heavy atom. The van der Waals surface area contributed by atoms with E-state index in [9.17, 15) is 12.9 Å². The van der Waals surface area contributed by atoms with Crippen LogP contribution in [0.15, 0.2) is 217 Å². The van der Waals surface area contributed by atoms with Crippen molar-refractivity contribution in [2.45, 2.75) is 12.8 Å². The molecule has 2 heterocycles. The van der Waals surface area contributed by atoms with Crippen LogP contribution < -0.4 is 36.5 Å². The Balaban J connectivity index is 0.000000211. The Morgan fingerprint density at radius 2 is 0.556 bits per heavy atom. The summed E-state index contributed by atoms with van der Waals surface area (Å²) in [5.41, 5.74) is 2.26. The van der Waals surface area contributed by atoms with Crippen LogP contribution in [0.3, 0.4) is 0 Å². The first-order valence-corrected chi connectivity index (χ1v) is 20.0. The van der Waals surface area contributed by atoms with Crippen molar-refractivity contribution in [1.82, 2.24) is 0 Å². The number of benzene rings is 6. The van der Waals surface area contributed by atoms with E-state index in [2.05, 4.69) is 204 Å². The molecule has 0 saturated heterocycles. The van der Waals surface area contributed by atoms with E-state index in [1.54, 1.807) is 0 Å². The van der Waals surface area contributed by atoms with Crippen molar-refractivity contribution in [3.63, 3.8) is 0 Å². The van der Waals surface area contributed by atoms with Crippen LogP contribution in [-0.2, 0) is 17.1 Å². The maximum absolute atomic E-state index is 9.67. The Labute approximate surface area is 329 Å². The molecule has 54 heavy (non-hydrogen) atoms. The van der Waals surface area contributed by atoms with E-state index >= 15 is 0 Å². The molecule has 1 radical (unpaired) electrons. The Bertz CT molecular complexity index is 1690. The van der Waals surface area contributed by atoms with Crippen LogP contribution in [0.1, 0.15) is 12.8 Å². The molecule has 2 aliphatic heterocycles. The molecule has 0 fully saturated rings. The molecule has 6 aromatic rings. The van der Waals surface area contributed by atoms with Gasteiger partial charge in [-0.2, -0.15) is 0 Å². The average molecular weight is 809 g/mol. The molecule has 0 amide bonds. The van der Waals surface area contributed by atoms with Crippen molar-refractivity contribution in [1.29, 1.82) is 0 Å². The third-order valence-corrected chi connectivity index (χ3v) is 13.5. The molecule has 0 aromatic heterocycles. The summed E-state index contributed by atoms with van der Waals surface area (Å²) in [5.74, 6) is 0. The number of hydrogen-bond acceptors (Lipinski definition) is 2. The van der Waals surface area contributed by atoms with Crippen molar-refractivity contribution in [3.8, 4) is 0 Å². The van der Waals surface area contributed by atoms with Crippen molar-refractivity contribution in [2.75, 3.05) is 0 Å². The van der Waals surface area contributed by atoms with Gasteiger partial charge < -0.3 is 4.70 Å². The second kappa shape index (κ2) is 24.6. The van der Waals surface area contributed by atoms with Crippen molar-refractivity contribution in [3.05, 3.63) is 207 Å². The SMILES string of the molecule is C1=CN=C(C2=NC=CC2)C1.FB(F)F.[Cu].[F-].c1ccc([PH+](c2ccccc2)c2ccccc2)cc1.c1ccc([PH+](c2ccccc2)c2ccccc2)cc1. The predicted molar refractivity (Wildman–Crippen MR) is 225 cm³/mol. The molecule has 0 unspecified atom stereocenters. The van der Waals surface area contributed by atoms with Crippen molar-refractivity contribution >= 4 is 66.6 Å². The van der Waals surface area contributed by atoms with Crippen LogP contribution >= 0.6 is 15.8 Å². The maximum Gasteiger partial charge on any atom is 0.762 e. The summed E-state index contributed by atoms with van der Waals surface area (Å²) in [6.45, 7) is 0. The molecular weight excluding hydrogens is 769 g/mol.